The summed E-state index contributed by atoms with van der Waals surface area (Å²) in [5.74, 6) is -1.34. The van der Waals surface area contributed by atoms with Crippen LogP contribution in [0, 0.1) is 18.7 Å². The van der Waals surface area contributed by atoms with Gasteiger partial charge in [-0.3, -0.25) is 9.59 Å². The van der Waals surface area contributed by atoms with Crippen molar-refractivity contribution in [3.63, 3.8) is 0 Å². The van der Waals surface area contributed by atoms with E-state index in [2.05, 4.69) is 0 Å². The summed E-state index contributed by atoms with van der Waals surface area (Å²) in [6.07, 6.45) is 0.487. The molecule has 0 aliphatic carbocycles. The molecule has 1 atom stereocenters. The predicted molar refractivity (Wildman–Crippen MR) is 90.1 cm³/mol. The van der Waals surface area contributed by atoms with E-state index in [1.165, 1.54) is 12.1 Å². The van der Waals surface area contributed by atoms with Gasteiger partial charge in [0.1, 0.15) is 18.0 Å². The third-order valence-corrected chi connectivity index (χ3v) is 4.36. The number of Topliss-reactive ketones (excluding diaryl/α,β-unsaturated/α-hetero) is 1. The molecule has 0 aliphatic rings. The third-order valence-electron chi connectivity index (χ3n) is 4.36. The number of carbonyl (C=O) groups excluding carboxylic acids is 2. The summed E-state index contributed by atoms with van der Waals surface area (Å²) in [4.78, 5) is 23.5. The van der Waals surface area contributed by atoms with Crippen LogP contribution in [0.15, 0.2) is 18.2 Å². The van der Waals surface area contributed by atoms with Gasteiger partial charge in [-0.2, -0.15) is 0 Å². The Hall–Kier alpha value is -1.75. The van der Waals surface area contributed by atoms with E-state index in [0.29, 0.717) is 12.8 Å². The number of hydrogen-bond donors (Lipinski definition) is 1. The van der Waals surface area contributed by atoms with Crippen LogP contribution < -0.4 is 0 Å². The molecule has 0 spiro atoms. The first-order valence-electron chi connectivity index (χ1n) is 8.32. The van der Waals surface area contributed by atoms with Crippen molar-refractivity contribution in [2.75, 3.05) is 6.61 Å². The summed E-state index contributed by atoms with van der Waals surface area (Å²) in [6, 6.07) is 4.55. The van der Waals surface area contributed by atoms with E-state index in [-0.39, 0.29) is 37.0 Å². The number of ketones is 1. The Kier molecular flexibility index (Phi) is 7.55. The Morgan fingerprint density at radius 3 is 2.54 bits per heavy atom. The molecule has 0 saturated carbocycles. The standard InChI is InChI=1S/C19H27FO4/c1-5-24-18(22)11-17(21)12-19(23,13(2)3)9-8-15-6-7-16(20)10-14(15)4/h6-7,10,13,23H,5,8-9,11-12H2,1-4H3/t19-/m0/s1. The van der Waals surface area contributed by atoms with E-state index in [0.717, 1.165) is 11.1 Å². The molecule has 134 valence electrons. The number of carbonyl (C=O) groups is 2. The molecule has 0 unspecified atom stereocenters. The smallest absolute Gasteiger partial charge is 0.313 e. The molecular weight excluding hydrogens is 311 g/mol. The highest BCUT2D eigenvalue weighted by atomic mass is 19.1. The number of aliphatic hydroxyl groups is 1. The molecule has 0 aliphatic heterocycles. The lowest BCUT2D eigenvalue weighted by Gasteiger charge is -2.32. The Morgan fingerprint density at radius 1 is 1.33 bits per heavy atom. The van der Waals surface area contributed by atoms with Crippen molar-refractivity contribution in [1.82, 2.24) is 0 Å². The lowest BCUT2D eigenvalue weighted by molar-refractivity contribution is -0.146. The minimum Gasteiger partial charge on any atom is -0.466 e. The fourth-order valence-electron chi connectivity index (χ4n) is 2.65. The molecule has 4 nitrogen and oxygen atoms in total. The van der Waals surface area contributed by atoms with E-state index < -0.39 is 11.6 Å². The summed E-state index contributed by atoms with van der Waals surface area (Å²) in [5.41, 5.74) is 0.553. The third kappa shape index (κ3) is 6.04. The fraction of sp³-hybridized carbons (Fsp3) is 0.579. The first kappa shape index (κ1) is 20.3. The van der Waals surface area contributed by atoms with E-state index in [1.54, 1.807) is 13.0 Å². The number of aryl methyl sites for hydroxylation is 2. The average Bonchev–Trinajstić information content (AvgIpc) is 2.46. The maximum atomic E-state index is 13.2. The quantitative estimate of drug-likeness (QED) is 0.554. The van der Waals surface area contributed by atoms with Gasteiger partial charge < -0.3 is 9.84 Å². The van der Waals surface area contributed by atoms with Gasteiger partial charge >= 0.3 is 5.97 Å². The molecule has 0 heterocycles. The first-order valence-corrected chi connectivity index (χ1v) is 8.32. The van der Waals surface area contributed by atoms with Gasteiger partial charge in [0.05, 0.1) is 12.2 Å². The van der Waals surface area contributed by atoms with Gasteiger partial charge in [-0.05, 0) is 55.9 Å². The normalized spacial score (nSPS) is 13.6. The maximum Gasteiger partial charge on any atom is 0.313 e. The molecule has 0 amide bonds. The van der Waals surface area contributed by atoms with Gasteiger partial charge in [-0.25, -0.2) is 4.39 Å². The monoisotopic (exact) mass is 338 g/mol. The topological polar surface area (TPSA) is 63.6 Å². The van der Waals surface area contributed by atoms with Crippen molar-refractivity contribution in [2.24, 2.45) is 5.92 Å². The van der Waals surface area contributed by atoms with E-state index in [9.17, 15) is 19.1 Å². The number of ether oxygens (including phenoxy) is 1. The summed E-state index contributed by atoms with van der Waals surface area (Å²) in [6.45, 7) is 7.41. The molecule has 0 saturated heterocycles. The molecule has 0 radical (unpaired) electrons. The highest BCUT2D eigenvalue weighted by Crippen LogP contribution is 2.28. The van der Waals surface area contributed by atoms with Crippen LogP contribution in [-0.4, -0.2) is 29.1 Å². The molecular formula is C19H27FO4. The summed E-state index contributed by atoms with van der Waals surface area (Å²) in [5, 5.41) is 10.9. The number of hydrogen-bond acceptors (Lipinski definition) is 4. The molecule has 1 aromatic carbocycles. The van der Waals surface area contributed by atoms with Crippen LogP contribution >= 0.6 is 0 Å². The van der Waals surface area contributed by atoms with Gasteiger partial charge in [0.2, 0.25) is 0 Å². The molecule has 1 N–H and O–H groups in total. The Morgan fingerprint density at radius 2 is 2.00 bits per heavy atom. The minimum absolute atomic E-state index is 0.0935. The Balaban J connectivity index is 2.73. The predicted octanol–water partition coefficient (Wildman–Crippen LogP) is 3.37. The summed E-state index contributed by atoms with van der Waals surface area (Å²) in [7, 11) is 0. The molecule has 1 rings (SSSR count). The highest BCUT2D eigenvalue weighted by Gasteiger charge is 2.34. The second kappa shape index (κ2) is 8.92. The van der Waals surface area contributed by atoms with E-state index in [4.69, 9.17) is 4.74 Å². The van der Waals surface area contributed by atoms with Crippen molar-refractivity contribution in [2.45, 2.75) is 59.0 Å². The minimum atomic E-state index is -1.20. The zero-order chi connectivity index (χ0) is 18.3. The highest BCUT2D eigenvalue weighted by molar-refractivity contribution is 5.95. The number of rotatable bonds is 9. The van der Waals surface area contributed by atoms with Crippen molar-refractivity contribution in [1.29, 1.82) is 0 Å². The SMILES string of the molecule is CCOC(=O)CC(=O)C[C@@](O)(CCc1ccc(F)cc1C)C(C)C. The van der Waals surface area contributed by atoms with Gasteiger partial charge in [-0.15, -0.1) is 0 Å². The first-order chi connectivity index (χ1) is 11.2. The van der Waals surface area contributed by atoms with Crippen LogP contribution in [0.25, 0.3) is 0 Å². The number of halogens is 1. The number of benzene rings is 1. The van der Waals surface area contributed by atoms with Crippen LogP contribution in [0.4, 0.5) is 4.39 Å². The van der Waals surface area contributed by atoms with Crippen LogP contribution in [0.5, 0.6) is 0 Å². The molecule has 0 bridgehead atoms. The summed E-state index contributed by atoms with van der Waals surface area (Å²) >= 11 is 0. The lowest BCUT2D eigenvalue weighted by atomic mass is 9.80. The molecule has 0 aromatic heterocycles. The Bertz CT molecular complexity index is 583. The Labute approximate surface area is 143 Å². The molecule has 5 heteroatoms. The van der Waals surface area contributed by atoms with E-state index >= 15 is 0 Å². The van der Waals surface area contributed by atoms with E-state index in [1.807, 2.05) is 20.8 Å². The number of esters is 1. The van der Waals surface area contributed by atoms with Crippen molar-refractivity contribution in [3.05, 3.63) is 35.1 Å². The lowest BCUT2D eigenvalue weighted by Crippen LogP contribution is -2.38. The van der Waals surface area contributed by atoms with Crippen molar-refractivity contribution in [3.8, 4) is 0 Å². The second-order valence-electron chi connectivity index (χ2n) is 6.53. The van der Waals surface area contributed by atoms with Crippen molar-refractivity contribution >= 4 is 11.8 Å². The van der Waals surface area contributed by atoms with Crippen molar-refractivity contribution < 1.29 is 23.8 Å². The van der Waals surface area contributed by atoms with Gasteiger partial charge in [0.25, 0.3) is 0 Å². The summed E-state index contributed by atoms with van der Waals surface area (Å²) < 4.78 is 17.9. The maximum absolute atomic E-state index is 13.2. The van der Waals surface area contributed by atoms with Gasteiger partial charge in [0.15, 0.2) is 0 Å². The zero-order valence-electron chi connectivity index (χ0n) is 14.9. The molecule has 0 fully saturated rings. The zero-order valence-corrected chi connectivity index (χ0v) is 14.9. The van der Waals surface area contributed by atoms with Crippen LogP contribution in [0.1, 0.15) is 51.2 Å². The average molecular weight is 338 g/mol. The second-order valence-corrected chi connectivity index (χ2v) is 6.53. The van der Waals surface area contributed by atoms with Gasteiger partial charge in [0, 0.05) is 6.42 Å². The van der Waals surface area contributed by atoms with Crippen LogP contribution in [-0.2, 0) is 20.7 Å². The molecule has 1 aromatic rings. The molecule has 24 heavy (non-hydrogen) atoms. The fourth-order valence-corrected chi connectivity index (χ4v) is 2.65. The van der Waals surface area contributed by atoms with Crippen LogP contribution in [0.3, 0.4) is 0 Å². The van der Waals surface area contributed by atoms with Crippen LogP contribution in [0.2, 0.25) is 0 Å². The van der Waals surface area contributed by atoms with Gasteiger partial charge in [-0.1, -0.05) is 19.9 Å². The largest absolute Gasteiger partial charge is 0.466 e.